The molecule has 92 valence electrons. The van der Waals surface area contributed by atoms with Gasteiger partial charge in [0.25, 0.3) is 0 Å². The second kappa shape index (κ2) is 5.42. The quantitative estimate of drug-likeness (QED) is 0.868. The maximum absolute atomic E-state index is 11.7. The van der Waals surface area contributed by atoms with Gasteiger partial charge in [-0.25, -0.2) is 0 Å². The van der Waals surface area contributed by atoms with Crippen LogP contribution in [0.3, 0.4) is 0 Å². The number of benzene rings is 1. The largest absolute Gasteiger partial charge is 0.389 e. The summed E-state index contributed by atoms with van der Waals surface area (Å²) < 4.78 is 1.05. The lowest BCUT2D eigenvalue weighted by molar-refractivity contribution is -0.138. The summed E-state index contributed by atoms with van der Waals surface area (Å²) in [6.45, 7) is 3.00. The van der Waals surface area contributed by atoms with Crippen LogP contribution in [0.1, 0.15) is 5.56 Å². The van der Waals surface area contributed by atoms with Crippen LogP contribution in [0.2, 0.25) is 0 Å². The van der Waals surface area contributed by atoms with Gasteiger partial charge in [0.05, 0.1) is 11.9 Å². The number of nitrogens with zero attached hydrogens (tertiary/aromatic N) is 1. The molecule has 1 aromatic carbocycles. The minimum Gasteiger partial charge on any atom is -0.389 e. The molecule has 5 heteroatoms. The van der Waals surface area contributed by atoms with Gasteiger partial charge in [-0.2, -0.15) is 0 Å². The zero-order valence-electron chi connectivity index (χ0n) is 9.52. The van der Waals surface area contributed by atoms with Crippen LogP contribution in [-0.2, 0) is 4.79 Å². The number of aliphatic hydroxyl groups excluding tert-OH is 1. The smallest absolute Gasteiger partial charge is 0.233 e. The van der Waals surface area contributed by atoms with Gasteiger partial charge in [0.2, 0.25) is 5.91 Å². The molecule has 0 unspecified atom stereocenters. The number of carbonyl (C=O) groups excluding carboxylic acids is 1. The zero-order chi connectivity index (χ0) is 12.4. The van der Waals surface area contributed by atoms with Crippen molar-refractivity contribution in [2.75, 3.05) is 18.8 Å². The summed E-state index contributed by atoms with van der Waals surface area (Å²) in [6.07, 6.45) is -0.321. The third kappa shape index (κ3) is 3.24. The van der Waals surface area contributed by atoms with Crippen LogP contribution < -0.4 is 0 Å². The van der Waals surface area contributed by atoms with Gasteiger partial charge in [-0.1, -0.05) is 15.9 Å². The molecule has 0 bridgehead atoms. The highest BCUT2D eigenvalue weighted by molar-refractivity contribution is 9.10. The van der Waals surface area contributed by atoms with E-state index in [9.17, 15) is 4.79 Å². The molecule has 0 atom stereocenters. The Balaban J connectivity index is 1.87. The summed E-state index contributed by atoms with van der Waals surface area (Å²) >= 11 is 4.96. The van der Waals surface area contributed by atoms with Crippen LogP contribution in [0.15, 0.2) is 27.6 Å². The maximum Gasteiger partial charge on any atom is 0.233 e. The fourth-order valence-corrected chi connectivity index (χ4v) is 3.05. The van der Waals surface area contributed by atoms with Gasteiger partial charge < -0.3 is 10.0 Å². The first-order valence-electron chi connectivity index (χ1n) is 5.41. The Morgan fingerprint density at radius 3 is 2.88 bits per heavy atom. The molecule has 2 rings (SSSR count). The molecule has 1 aromatic rings. The zero-order valence-corrected chi connectivity index (χ0v) is 11.9. The number of amides is 1. The van der Waals surface area contributed by atoms with Crippen molar-refractivity contribution in [2.24, 2.45) is 0 Å². The molecule has 1 N–H and O–H groups in total. The number of aliphatic hydroxyl groups is 1. The predicted octanol–water partition coefficient (Wildman–Crippen LogP) is 2.05. The van der Waals surface area contributed by atoms with Gasteiger partial charge in [0, 0.05) is 22.5 Å². The van der Waals surface area contributed by atoms with Gasteiger partial charge in [-0.05, 0) is 30.7 Å². The van der Waals surface area contributed by atoms with E-state index in [4.69, 9.17) is 5.11 Å². The lowest BCUT2D eigenvalue weighted by Crippen LogP contribution is -2.54. The summed E-state index contributed by atoms with van der Waals surface area (Å²) in [5.41, 5.74) is 1.17. The molecule has 0 aliphatic carbocycles. The average Bonchev–Trinajstić information content (AvgIpc) is 2.23. The minimum atomic E-state index is -0.321. The Kier molecular flexibility index (Phi) is 4.12. The third-order valence-electron chi connectivity index (χ3n) is 2.70. The first-order valence-corrected chi connectivity index (χ1v) is 7.19. The summed E-state index contributed by atoms with van der Waals surface area (Å²) in [5.74, 6) is 0.539. The van der Waals surface area contributed by atoms with Crippen molar-refractivity contribution in [3.8, 4) is 0 Å². The molecular weight excluding hydrogens is 302 g/mol. The van der Waals surface area contributed by atoms with Gasteiger partial charge >= 0.3 is 0 Å². The van der Waals surface area contributed by atoms with Crippen molar-refractivity contribution in [3.05, 3.63) is 28.2 Å². The number of likely N-dealkylation sites (tertiary alicyclic amines) is 1. The second-order valence-electron chi connectivity index (χ2n) is 4.15. The number of aryl methyl sites for hydroxylation is 1. The monoisotopic (exact) mass is 315 g/mol. The molecule has 0 aromatic heterocycles. The van der Waals surface area contributed by atoms with Crippen molar-refractivity contribution in [1.29, 1.82) is 0 Å². The summed E-state index contributed by atoms with van der Waals surface area (Å²) in [7, 11) is 0. The fraction of sp³-hybridized carbons (Fsp3) is 0.417. The van der Waals surface area contributed by atoms with E-state index in [0.29, 0.717) is 18.8 Å². The Bertz CT molecular complexity index is 433. The number of hydrogen-bond acceptors (Lipinski definition) is 3. The summed E-state index contributed by atoms with van der Waals surface area (Å²) in [5, 5.41) is 9.12. The second-order valence-corrected chi connectivity index (χ2v) is 6.08. The van der Waals surface area contributed by atoms with Crippen LogP contribution >= 0.6 is 27.7 Å². The van der Waals surface area contributed by atoms with E-state index in [2.05, 4.69) is 15.9 Å². The predicted molar refractivity (Wildman–Crippen MR) is 72.2 cm³/mol. The molecule has 0 spiro atoms. The van der Waals surface area contributed by atoms with E-state index in [1.165, 1.54) is 5.56 Å². The number of thioether (sulfide) groups is 1. The molecule has 1 saturated heterocycles. The topological polar surface area (TPSA) is 40.5 Å². The standard InChI is InChI=1S/C12H14BrNO2S/c1-8-4-9(13)2-3-11(8)17-7-12(16)14-5-10(15)6-14/h2-4,10,15H,5-7H2,1H3. The van der Waals surface area contributed by atoms with Gasteiger partial charge in [-0.3, -0.25) is 4.79 Å². The van der Waals surface area contributed by atoms with Crippen LogP contribution in [0.25, 0.3) is 0 Å². The molecule has 3 nitrogen and oxygen atoms in total. The first kappa shape index (κ1) is 12.9. The van der Waals surface area contributed by atoms with E-state index >= 15 is 0 Å². The minimum absolute atomic E-state index is 0.0996. The Labute approximate surface area is 113 Å². The lowest BCUT2D eigenvalue weighted by atomic mass is 10.2. The lowest BCUT2D eigenvalue weighted by Gasteiger charge is -2.35. The normalized spacial score (nSPS) is 15.8. The van der Waals surface area contributed by atoms with E-state index in [-0.39, 0.29) is 12.0 Å². The molecular formula is C12H14BrNO2S. The first-order chi connectivity index (χ1) is 8.06. The number of halogens is 1. The summed E-state index contributed by atoms with van der Waals surface area (Å²) in [4.78, 5) is 14.5. The fourth-order valence-electron chi connectivity index (χ4n) is 1.66. The highest BCUT2D eigenvalue weighted by Crippen LogP contribution is 2.26. The Morgan fingerprint density at radius 2 is 2.29 bits per heavy atom. The van der Waals surface area contributed by atoms with Gasteiger partial charge in [0.1, 0.15) is 0 Å². The molecule has 0 radical (unpaired) electrons. The third-order valence-corrected chi connectivity index (χ3v) is 4.36. The van der Waals surface area contributed by atoms with Crippen LogP contribution in [0.5, 0.6) is 0 Å². The number of rotatable bonds is 3. The maximum atomic E-state index is 11.7. The SMILES string of the molecule is Cc1cc(Br)ccc1SCC(=O)N1CC(O)C1. The van der Waals surface area contributed by atoms with Gasteiger partial charge in [0.15, 0.2) is 0 Å². The van der Waals surface area contributed by atoms with Crippen molar-refractivity contribution in [1.82, 2.24) is 4.90 Å². The van der Waals surface area contributed by atoms with Crippen LogP contribution in [-0.4, -0.2) is 40.9 Å². The van der Waals surface area contributed by atoms with Gasteiger partial charge in [-0.15, -0.1) is 11.8 Å². The highest BCUT2D eigenvalue weighted by Gasteiger charge is 2.28. The molecule has 0 saturated carbocycles. The van der Waals surface area contributed by atoms with E-state index in [1.54, 1.807) is 16.7 Å². The van der Waals surface area contributed by atoms with Crippen molar-refractivity contribution < 1.29 is 9.90 Å². The highest BCUT2D eigenvalue weighted by atomic mass is 79.9. The number of hydrogen-bond donors (Lipinski definition) is 1. The molecule has 1 amide bonds. The van der Waals surface area contributed by atoms with Crippen LogP contribution in [0.4, 0.5) is 0 Å². The van der Waals surface area contributed by atoms with E-state index in [1.807, 2.05) is 25.1 Å². The number of carbonyl (C=O) groups is 1. The van der Waals surface area contributed by atoms with Crippen molar-refractivity contribution >= 4 is 33.6 Å². The van der Waals surface area contributed by atoms with Crippen LogP contribution in [0, 0.1) is 6.92 Å². The number of β-amino-alcohol motifs (C(OH)–C–C–N with tert-alkyl or cyclic N) is 1. The Morgan fingerprint density at radius 1 is 1.59 bits per heavy atom. The van der Waals surface area contributed by atoms with Crippen molar-refractivity contribution in [3.63, 3.8) is 0 Å². The Hall–Kier alpha value is -0.520. The van der Waals surface area contributed by atoms with Crippen molar-refractivity contribution in [2.45, 2.75) is 17.9 Å². The molecule has 1 heterocycles. The molecule has 17 heavy (non-hydrogen) atoms. The summed E-state index contributed by atoms with van der Waals surface area (Å²) in [6, 6.07) is 6.04. The molecule has 1 fully saturated rings. The average molecular weight is 316 g/mol. The molecule has 1 aliphatic rings. The van der Waals surface area contributed by atoms with E-state index < -0.39 is 0 Å². The molecule has 1 aliphatic heterocycles. The van der Waals surface area contributed by atoms with E-state index in [0.717, 1.165) is 9.37 Å².